The van der Waals surface area contributed by atoms with E-state index in [9.17, 15) is 4.79 Å². The largest absolute Gasteiger partial charge is 0.375 e. The molecule has 0 aliphatic carbocycles. The Morgan fingerprint density at radius 2 is 2.00 bits per heavy atom. The van der Waals surface area contributed by atoms with Crippen molar-refractivity contribution in [2.24, 2.45) is 0 Å². The Morgan fingerprint density at radius 3 is 2.50 bits per heavy atom. The fraction of sp³-hybridized carbons (Fsp3) is 0.917. The summed E-state index contributed by atoms with van der Waals surface area (Å²) >= 11 is 5.82. The highest BCUT2D eigenvalue weighted by Gasteiger charge is 2.38. The highest BCUT2D eigenvalue weighted by atomic mass is 35.5. The molecule has 0 unspecified atom stereocenters. The van der Waals surface area contributed by atoms with Crippen molar-refractivity contribution in [2.75, 3.05) is 19.7 Å². The summed E-state index contributed by atoms with van der Waals surface area (Å²) in [6, 6.07) is 0. The summed E-state index contributed by atoms with van der Waals surface area (Å²) < 4.78 is 5.92. The first kappa shape index (κ1) is 12.2. The van der Waals surface area contributed by atoms with Gasteiger partial charge in [0.2, 0.25) is 5.91 Å². The fourth-order valence-corrected chi connectivity index (χ4v) is 2.83. The molecule has 92 valence electrons. The van der Waals surface area contributed by atoms with Crippen molar-refractivity contribution in [2.45, 2.75) is 50.0 Å². The van der Waals surface area contributed by atoms with Crippen molar-refractivity contribution in [3.8, 4) is 0 Å². The maximum atomic E-state index is 11.7. The normalized spacial score (nSPS) is 26.8. The number of likely N-dealkylation sites (tertiary alicyclic amines) is 1. The minimum absolute atomic E-state index is 0.0623. The van der Waals surface area contributed by atoms with E-state index in [2.05, 4.69) is 0 Å². The van der Waals surface area contributed by atoms with Gasteiger partial charge in [0.1, 0.15) is 5.38 Å². The summed E-state index contributed by atoms with van der Waals surface area (Å²) in [6.07, 6.45) is 5.55. The number of carbonyl (C=O) groups excluding carboxylic acids is 1. The van der Waals surface area contributed by atoms with Crippen LogP contribution >= 0.6 is 11.6 Å². The molecule has 1 spiro atoms. The van der Waals surface area contributed by atoms with Crippen LogP contribution in [0.5, 0.6) is 0 Å². The molecule has 2 heterocycles. The van der Waals surface area contributed by atoms with E-state index in [0.717, 1.165) is 39.0 Å². The lowest BCUT2D eigenvalue weighted by Gasteiger charge is -2.44. The van der Waals surface area contributed by atoms with Crippen LogP contribution in [0.3, 0.4) is 0 Å². The second-order valence-corrected chi connectivity index (χ2v) is 5.58. The number of amides is 1. The summed E-state index contributed by atoms with van der Waals surface area (Å²) in [6.45, 7) is 4.23. The topological polar surface area (TPSA) is 29.5 Å². The van der Waals surface area contributed by atoms with Crippen LogP contribution < -0.4 is 0 Å². The van der Waals surface area contributed by atoms with E-state index in [-0.39, 0.29) is 11.5 Å². The van der Waals surface area contributed by atoms with Crippen LogP contribution in [0.2, 0.25) is 0 Å². The zero-order valence-electron chi connectivity index (χ0n) is 9.88. The smallest absolute Gasteiger partial charge is 0.240 e. The predicted molar refractivity (Wildman–Crippen MR) is 63.7 cm³/mol. The van der Waals surface area contributed by atoms with Crippen LogP contribution in [-0.2, 0) is 9.53 Å². The standard InChI is InChI=1S/C12H20ClNO2/c1-10(13)11(15)14-7-5-12(6-8-14)4-2-3-9-16-12/h10H,2-9H2,1H3/t10-/m0/s1. The molecule has 0 aromatic heterocycles. The number of carbonyl (C=O) groups is 1. The maximum Gasteiger partial charge on any atom is 0.240 e. The van der Waals surface area contributed by atoms with Crippen LogP contribution in [0, 0.1) is 0 Å². The molecule has 0 bridgehead atoms. The van der Waals surface area contributed by atoms with Gasteiger partial charge in [0.15, 0.2) is 0 Å². The molecule has 0 aromatic carbocycles. The number of ether oxygens (including phenoxy) is 1. The fourth-order valence-electron chi connectivity index (χ4n) is 2.69. The summed E-state index contributed by atoms with van der Waals surface area (Å²) in [5, 5.41) is -0.402. The van der Waals surface area contributed by atoms with Gasteiger partial charge in [-0.25, -0.2) is 0 Å². The summed E-state index contributed by atoms with van der Waals surface area (Å²) in [5.41, 5.74) is 0.0740. The van der Waals surface area contributed by atoms with E-state index in [1.807, 2.05) is 4.90 Å². The third-order valence-electron chi connectivity index (χ3n) is 3.76. The molecule has 16 heavy (non-hydrogen) atoms. The number of hydrogen-bond donors (Lipinski definition) is 0. The molecular weight excluding hydrogens is 226 g/mol. The first-order valence-corrected chi connectivity index (χ1v) is 6.63. The van der Waals surface area contributed by atoms with Crippen LogP contribution in [-0.4, -0.2) is 41.5 Å². The summed E-state index contributed by atoms with van der Waals surface area (Å²) in [7, 11) is 0. The number of piperidine rings is 1. The van der Waals surface area contributed by atoms with Gasteiger partial charge in [0.25, 0.3) is 0 Å². The third kappa shape index (κ3) is 2.51. The zero-order valence-corrected chi connectivity index (χ0v) is 10.6. The zero-order chi connectivity index (χ0) is 11.6. The summed E-state index contributed by atoms with van der Waals surface area (Å²) in [5.74, 6) is 0.0623. The van der Waals surface area contributed by atoms with Gasteiger partial charge < -0.3 is 9.64 Å². The van der Waals surface area contributed by atoms with E-state index < -0.39 is 5.38 Å². The molecule has 1 atom stereocenters. The molecule has 4 heteroatoms. The molecular formula is C12H20ClNO2. The number of hydrogen-bond acceptors (Lipinski definition) is 2. The third-order valence-corrected chi connectivity index (χ3v) is 3.95. The van der Waals surface area contributed by atoms with E-state index in [4.69, 9.17) is 16.3 Å². The second kappa shape index (κ2) is 4.92. The Bertz CT molecular complexity index is 252. The van der Waals surface area contributed by atoms with Crippen LogP contribution in [0.25, 0.3) is 0 Å². The van der Waals surface area contributed by atoms with Gasteiger partial charge >= 0.3 is 0 Å². The lowest BCUT2D eigenvalue weighted by atomic mass is 9.84. The summed E-state index contributed by atoms with van der Waals surface area (Å²) in [4.78, 5) is 13.6. The highest BCUT2D eigenvalue weighted by Crippen LogP contribution is 2.34. The van der Waals surface area contributed by atoms with E-state index >= 15 is 0 Å². The number of alkyl halides is 1. The molecule has 2 fully saturated rings. The molecule has 0 N–H and O–H groups in total. The molecule has 2 aliphatic heterocycles. The number of halogens is 1. The average molecular weight is 246 g/mol. The highest BCUT2D eigenvalue weighted by molar-refractivity contribution is 6.30. The predicted octanol–water partition coefficient (Wildman–Crippen LogP) is 2.18. The maximum absolute atomic E-state index is 11.7. The Hall–Kier alpha value is -0.280. The van der Waals surface area contributed by atoms with Gasteiger partial charge in [0.05, 0.1) is 5.60 Å². The molecule has 3 nitrogen and oxygen atoms in total. The van der Waals surface area contributed by atoms with E-state index in [0.29, 0.717) is 0 Å². The first-order chi connectivity index (χ1) is 7.63. The molecule has 2 saturated heterocycles. The van der Waals surface area contributed by atoms with Crippen LogP contribution in [0.1, 0.15) is 39.0 Å². The molecule has 0 saturated carbocycles. The van der Waals surface area contributed by atoms with Gasteiger partial charge in [-0.1, -0.05) is 0 Å². The monoisotopic (exact) mass is 245 g/mol. The molecule has 2 rings (SSSR count). The van der Waals surface area contributed by atoms with Gasteiger partial charge in [-0.15, -0.1) is 11.6 Å². The number of nitrogens with zero attached hydrogens (tertiary/aromatic N) is 1. The van der Waals surface area contributed by atoms with E-state index in [1.165, 1.54) is 12.8 Å². The lowest BCUT2D eigenvalue weighted by Crippen LogP contribution is -2.50. The van der Waals surface area contributed by atoms with Crippen molar-refractivity contribution in [3.63, 3.8) is 0 Å². The van der Waals surface area contributed by atoms with Crippen molar-refractivity contribution in [3.05, 3.63) is 0 Å². The molecule has 2 aliphatic rings. The Kier molecular flexibility index (Phi) is 3.75. The molecule has 0 radical (unpaired) electrons. The van der Waals surface area contributed by atoms with Crippen LogP contribution in [0.15, 0.2) is 0 Å². The van der Waals surface area contributed by atoms with Crippen LogP contribution in [0.4, 0.5) is 0 Å². The Labute approximate surface area is 102 Å². The minimum atomic E-state index is -0.402. The second-order valence-electron chi connectivity index (χ2n) is 4.93. The van der Waals surface area contributed by atoms with E-state index in [1.54, 1.807) is 6.92 Å². The van der Waals surface area contributed by atoms with Gasteiger partial charge in [-0.3, -0.25) is 4.79 Å². The molecule has 0 aromatic rings. The van der Waals surface area contributed by atoms with Gasteiger partial charge in [-0.2, -0.15) is 0 Å². The average Bonchev–Trinajstić information content (AvgIpc) is 2.30. The van der Waals surface area contributed by atoms with Crippen molar-refractivity contribution in [1.82, 2.24) is 4.90 Å². The Balaban J connectivity index is 1.88. The Morgan fingerprint density at radius 1 is 1.31 bits per heavy atom. The molecule has 1 amide bonds. The number of rotatable bonds is 1. The minimum Gasteiger partial charge on any atom is -0.375 e. The lowest BCUT2D eigenvalue weighted by molar-refractivity contribution is -0.142. The quantitative estimate of drug-likeness (QED) is 0.663. The van der Waals surface area contributed by atoms with Gasteiger partial charge in [-0.05, 0) is 39.0 Å². The van der Waals surface area contributed by atoms with Gasteiger partial charge in [0, 0.05) is 19.7 Å². The van der Waals surface area contributed by atoms with Crippen molar-refractivity contribution < 1.29 is 9.53 Å². The first-order valence-electron chi connectivity index (χ1n) is 6.20. The van der Waals surface area contributed by atoms with Crippen molar-refractivity contribution >= 4 is 17.5 Å². The SMILES string of the molecule is C[C@H](Cl)C(=O)N1CCC2(CCCCO2)CC1. The van der Waals surface area contributed by atoms with Crippen molar-refractivity contribution in [1.29, 1.82) is 0 Å².